The molecule has 3 aromatic rings. The van der Waals surface area contributed by atoms with Crippen LogP contribution in [-0.2, 0) is 9.59 Å². The van der Waals surface area contributed by atoms with E-state index < -0.39 is 11.8 Å². The summed E-state index contributed by atoms with van der Waals surface area (Å²) >= 11 is 0. The molecule has 0 bridgehead atoms. The first kappa shape index (κ1) is 28.2. The van der Waals surface area contributed by atoms with Crippen molar-refractivity contribution in [1.29, 1.82) is 0 Å². The lowest BCUT2D eigenvalue weighted by atomic mass is 9.77. The Kier molecular flexibility index (Phi) is 9.38. The molecule has 210 valence electrons. The predicted octanol–water partition coefficient (Wildman–Crippen LogP) is 7.00. The zero-order valence-corrected chi connectivity index (χ0v) is 23.5. The van der Waals surface area contributed by atoms with Crippen molar-refractivity contribution < 1.29 is 9.59 Å². The Morgan fingerprint density at radius 2 is 1.65 bits per heavy atom. The molecular formula is C34H41N3O3. The number of nitrogens with one attached hydrogen (secondary N) is 1. The second-order valence-electron chi connectivity index (χ2n) is 11.7. The van der Waals surface area contributed by atoms with Crippen molar-refractivity contribution in [3.8, 4) is 0 Å². The molecule has 3 aromatic carbocycles. The van der Waals surface area contributed by atoms with Gasteiger partial charge in [-0.15, -0.1) is 4.91 Å². The van der Waals surface area contributed by atoms with Gasteiger partial charge in [0, 0.05) is 36.6 Å². The molecule has 2 unspecified atom stereocenters. The minimum Gasteiger partial charge on any atom is -0.342 e. The highest BCUT2D eigenvalue weighted by Gasteiger charge is 2.37. The molecule has 6 nitrogen and oxygen atoms in total. The summed E-state index contributed by atoms with van der Waals surface area (Å²) in [5.74, 6) is -0.604. The first-order chi connectivity index (χ1) is 19.5. The topological polar surface area (TPSA) is 78.8 Å². The van der Waals surface area contributed by atoms with E-state index in [1.807, 2.05) is 11.0 Å². The van der Waals surface area contributed by atoms with Crippen LogP contribution in [-0.4, -0.2) is 36.3 Å². The number of carbonyl (C=O) groups is 2. The Morgan fingerprint density at radius 3 is 2.42 bits per heavy atom. The van der Waals surface area contributed by atoms with Crippen molar-refractivity contribution in [1.82, 2.24) is 10.2 Å². The van der Waals surface area contributed by atoms with Crippen LogP contribution in [0.3, 0.4) is 0 Å². The summed E-state index contributed by atoms with van der Waals surface area (Å²) < 4.78 is 0. The van der Waals surface area contributed by atoms with Crippen LogP contribution in [0.1, 0.15) is 75.0 Å². The summed E-state index contributed by atoms with van der Waals surface area (Å²) in [7, 11) is 0. The number of fused-ring (bicyclic) bond motifs is 1. The van der Waals surface area contributed by atoms with Crippen molar-refractivity contribution >= 4 is 22.6 Å². The van der Waals surface area contributed by atoms with Crippen molar-refractivity contribution in [3.63, 3.8) is 0 Å². The van der Waals surface area contributed by atoms with Crippen LogP contribution in [0.2, 0.25) is 0 Å². The van der Waals surface area contributed by atoms with Crippen LogP contribution in [0.25, 0.3) is 10.8 Å². The Labute approximate surface area is 237 Å². The standard InChI is InChI=1S/C34H41N3O3/c1-24(29-18-10-16-25-15-8-9-17-30(25)29)35-22-28-19-20-37(23-32(28)27-13-6-3-7-14-27)33(38)21-31(34(39)36-40)26-11-4-2-5-12-26/h3,6-10,13-18,24,26,28,31-32,35H,2,4-5,11-12,19-23H2,1H3/t24-,28?,31-,32?/m1/s1. The van der Waals surface area contributed by atoms with E-state index in [4.69, 9.17) is 0 Å². The Balaban J connectivity index is 1.28. The number of nitroso groups, excluding NO2 is 1. The Bertz CT molecular complexity index is 1300. The third-order valence-electron chi connectivity index (χ3n) is 9.33. The van der Waals surface area contributed by atoms with Crippen LogP contribution in [0.4, 0.5) is 0 Å². The lowest BCUT2D eigenvalue weighted by Gasteiger charge is -2.40. The maximum atomic E-state index is 13.5. The quantitative estimate of drug-likeness (QED) is 0.297. The molecule has 0 aromatic heterocycles. The molecule has 40 heavy (non-hydrogen) atoms. The molecule has 1 aliphatic carbocycles. The van der Waals surface area contributed by atoms with Gasteiger partial charge in [0.2, 0.25) is 5.91 Å². The fraction of sp³-hybridized carbons (Fsp3) is 0.471. The molecular weight excluding hydrogens is 498 g/mol. The van der Waals surface area contributed by atoms with Crippen LogP contribution in [0.15, 0.2) is 78.0 Å². The number of amides is 2. The van der Waals surface area contributed by atoms with Gasteiger partial charge in [0.05, 0.1) is 5.92 Å². The first-order valence-electron chi connectivity index (χ1n) is 15.0. The minimum absolute atomic E-state index is 0.0240. The van der Waals surface area contributed by atoms with Gasteiger partial charge in [0.25, 0.3) is 5.91 Å². The number of hydrogen-bond donors (Lipinski definition) is 1. The van der Waals surface area contributed by atoms with E-state index >= 15 is 0 Å². The van der Waals surface area contributed by atoms with Crippen LogP contribution < -0.4 is 5.32 Å². The van der Waals surface area contributed by atoms with Crippen molar-refractivity contribution in [2.75, 3.05) is 19.6 Å². The summed E-state index contributed by atoms with van der Waals surface area (Å²) in [6, 6.07) is 25.6. The fourth-order valence-corrected chi connectivity index (χ4v) is 6.99. The number of piperidine rings is 1. The number of likely N-dealkylation sites (tertiary alicyclic amines) is 1. The summed E-state index contributed by atoms with van der Waals surface area (Å²) in [5.41, 5.74) is 2.53. The lowest BCUT2D eigenvalue weighted by molar-refractivity contribution is -0.138. The van der Waals surface area contributed by atoms with Gasteiger partial charge in [-0.1, -0.05) is 92.1 Å². The van der Waals surface area contributed by atoms with Crippen LogP contribution in [0, 0.1) is 22.7 Å². The highest BCUT2D eigenvalue weighted by atomic mass is 16.3. The molecule has 2 aliphatic rings. The normalized spacial score (nSPS) is 21.6. The van der Waals surface area contributed by atoms with Gasteiger partial charge < -0.3 is 10.2 Å². The smallest absolute Gasteiger partial charge is 0.290 e. The van der Waals surface area contributed by atoms with E-state index in [-0.39, 0.29) is 30.2 Å². The van der Waals surface area contributed by atoms with Gasteiger partial charge in [-0.3, -0.25) is 9.59 Å². The molecule has 1 saturated heterocycles. The van der Waals surface area contributed by atoms with Crippen molar-refractivity contribution in [2.45, 2.75) is 63.8 Å². The minimum atomic E-state index is -0.652. The zero-order valence-electron chi connectivity index (χ0n) is 23.5. The zero-order chi connectivity index (χ0) is 27.9. The number of carbonyl (C=O) groups excluding carboxylic acids is 2. The number of nitrogens with zero attached hydrogens (tertiary/aromatic N) is 2. The Hall–Kier alpha value is -3.38. The van der Waals surface area contributed by atoms with Gasteiger partial charge in [0.15, 0.2) is 0 Å². The molecule has 2 amide bonds. The molecule has 1 N–H and O–H groups in total. The fourth-order valence-electron chi connectivity index (χ4n) is 6.99. The largest absolute Gasteiger partial charge is 0.342 e. The van der Waals surface area contributed by atoms with E-state index in [1.54, 1.807) is 0 Å². The molecule has 5 rings (SSSR count). The third kappa shape index (κ3) is 6.49. The second-order valence-corrected chi connectivity index (χ2v) is 11.7. The summed E-state index contributed by atoms with van der Waals surface area (Å²) in [5, 5.41) is 9.08. The maximum Gasteiger partial charge on any atom is 0.290 e. The van der Waals surface area contributed by atoms with E-state index in [0.717, 1.165) is 45.1 Å². The average Bonchev–Trinajstić information content (AvgIpc) is 3.02. The predicted molar refractivity (Wildman–Crippen MR) is 160 cm³/mol. The number of rotatable bonds is 9. The molecule has 6 heteroatoms. The van der Waals surface area contributed by atoms with E-state index in [2.05, 4.69) is 84.1 Å². The van der Waals surface area contributed by atoms with Crippen molar-refractivity contribution in [3.05, 3.63) is 88.8 Å². The van der Waals surface area contributed by atoms with E-state index in [0.29, 0.717) is 19.0 Å². The number of hydrogen-bond acceptors (Lipinski definition) is 4. The SMILES string of the molecule is C[C@@H](NCC1CCN(C(=O)C[C@@H](C(=O)N=O)C2CCCCC2)CC1c1ccccc1)c1cccc2ccccc12. The molecule has 0 spiro atoms. The summed E-state index contributed by atoms with van der Waals surface area (Å²) in [6.45, 7) is 4.36. The van der Waals surface area contributed by atoms with Gasteiger partial charge in [-0.05, 0) is 66.5 Å². The van der Waals surface area contributed by atoms with Gasteiger partial charge >= 0.3 is 0 Å². The number of benzene rings is 3. The maximum absolute atomic E-state index is 13.5. The molecule has 2 fully saturated rings. The second kappa shape index (κ2) is 13.3. The third-order valence-corrected chi connectivity index (χ3v) is 9.33. The first-order valence-corrected chi connectivity index (χ1v) is 15.0. The average molecular weight is 540 g/mol. The molecule has 1 aliphatic heterocycles. The van der Waals surface area contributed by atoms with Gasteiger partial charge in [-0.25, -0.2) is 0 Å². The molecule has 4 atom stereocenters. The Morgan fingerprint density at radius 1 is 0.925 bits per heavy atom. The van der Waals surface area contributed by atoms with Crippen LogP contribution in [0.5, 0.6) is 0 Å². The summed E-state index contributed by atoms with van der Waals surface area (Å²) in [6.07, 6.45) is 6.02. The van der Waals surface area contributed by atoms with Crippen molar-refractivity contribution in [2.24, 2.45) is 22.9 Å². The molecule has 1 heterocycles. The molecule has 0 radical (unpaired) electrons. The lowest BCUT2D eigenvalue weighted by Crippen LogP contribution is -2.46. The van der Waals surface area contributed by atoms with E-state index in [1.165, 1.54) is 21.9 Å². The summed E-state index contributed by atoms with van der Waals surface area (Å²) in [4.78, 5) is 39.1. The van der Waals surface area contributed by atoms with Crippen LogP contribution >= 0.6 is 0 Å². The highest BCUT2D eigenvalue weighted by molar-refractivity contribution is 5.87. The molecule has 1 saturated carbocycles. The van der Waals surface area contributed by atoms with Gasteiger partial charge in [0.1, 0.15) is 0 Å². The van der Waals surface area contributed by atoms with Gasteiger partial charge in [-0.2, -0.15) is 0 Å². The highest BCUT2D eigenvalue weighted by Crippen LogP contribution is 2.36. The van der Waals surface area contributed by atoms with E-state index in [9.17, 15) is 14.5 Å². The monoisotopic (exact) mass is 539 g/mol.